The number of aromatic nitrogens is 2. The average Bonchev–Trinajstić information content (AvgIpc) is 3.04. The van der Waals surface area contributed by atoms with Gasteiger partial charge in [-0.05, 0) is 30.7 Å². The fourth-order valence-electron chi connectivity index (χ4n) is 3.75. The molecule has 0 aliphatic carbocycles. The van der Waals surface area contributed by atoms with Gasteiger partial charge in [-0.25, -0.2) is 4.68 Å². The van der Waals surface area contributed by atoms with Crippen LogP contribution in [0.3, 0.4) is 0 Å². The number of amides is 1. The molecule has 0 fully saturated rings. The Labute approximate surface area is 163 Å². The number of benzene rings is 2. The third kappa shape index (κ3) is 3.27. The van der Waals surface area contributed by atoms with Crippen LogP contribution in [0.1, 0.15) is 21.6 Å². The van der Waals surface area contributed by atoms with Crippen LogP contribution >= 0.6 is 0 Å². The standard InChI is InChI=1S/C22H23N3O3/c1-28-15-14-24-20-16-23(21(26)17-8-4-2-5-9-17)13-12-19(20)22(27)25(24)18-10-6-3-7-11-18/h2-11H,12-16H2,1H3. The zero-order chi connectivity index (χ0) is 19.5. The number of carbonyl (C=O) groups is 1. The Morgan fingerprint density at radius 2 is 1.71 bits per heavy atom. The summed E-state index contributed by atoms with van der Waals surface area (Å²) in [5, 5.41) is 0. The quantitative estimate of drug-likeness (QED) is 0.686. The molecule has 28 heavy (non-hydrogen) atoms. The van der Waals surface area contributed by atoms with Crippen LogP contribution in [0.15, 0.2) is 65.5 Å². The third-order valence-corrected chi connectivity index (χ3v) is 5.14. The van der Waals surface area contributed by atoms with Crippen molar-refractivity contribution in [2.24, 2.45) is 0 Å². The number of para-hydroxylation sites is 1. The number of methoxy groups -OCH3 is 1. The highest BCUT2D eigenvalue weighted by molar-refractivity contribution is 5.94. The van der Waals surface area contributed by atoms with Crippen LogP contribution in [0.4, 0.5) is 0 Å². The Morgan fingerprint density at radius 1 is 1.04 bits per heavy atom. The lowest BCUT2D eigenvalue weighted by Crippen LogP contribution is -2.37. The molecule has 2 heterocycles. The predicted octanol–water partition coefficient (Wildman–Crippen LogP) is 2.48. The minimum atomic E-state index is -0.0101. The van der Waals surface area contributed by atoms with Crippen LogP contribution in [-0.4, -0.2) is 40.4 Å². The van der Waals surface area contributed by atoms with Gasteiger partial charge >= 0.3 is 0 Å². The molecule has 0 unspecified atom stereocenters. The average molecular weight is 377 g/mol. The summed E-state index contributed by atoms with van der Waals surface area (Å²) in [6.45, 7) is 1.99. The van der Waals surface area contributed by atoms with Gasteiger partial charge in [0, 0.05) is 24.8 Å². The van der Waals surface area contributed by atoms with E-state index < -0.39 is 0 Å². The molecule has 0 saturated heterocycles. The molecule has 144 valence electrons. The number of hydrogen-bond acceptors (Lipinski definition) is 3. The van der Waals surface area contributed by atoms with E-state index in [1.54, 1.807) is 11.8 Å². The van der Waals surface area contributed by atoms with Crippen molar-refractivity contribution < 1.29 is 9.53 Å². The van der Waals surface area contributed by atoms with Crippen molar-refractivity contribution in [2.45, 2.75) is 19.5 Å². The number of nitrogens with zero attached hydrogens (tertiary/aromatic N) is 3. The summed E-state index contributed by atoms with van der Waals surface area (Å²) in [7, 11) is 1.64. The first-order valence-electron chi connectivity index (χ1n) is 9.43. The highest BCUT2D eigenvalue weighted by Crippen LogP contribution is 2.21. The Bertz CT molecular complexity index is 1020. The lowest BCUT2D eigenvalue weighted by molar-refractivity contribution is 0.0728. The van der Waals surface area contributed by atoms with E-state index in [0.29, 0.717) is 38.2 Å². The van der Waals surface area contributed by atoms with E-state index in [4.69, 9.17) is 4.74 Å². The van der Waals surface area contributed by atoms with Crippen molar-refractivity contribution in [1.82, 2.24) is 14.3 Å². The highest BCUT2D eigenvalue weighted by Gasteiger charge is 2.29. The Morgan fingerprint density at radius 3 is 2.39 bits per heavy atom. The second-order valence-electron chi connectivity index (χ2n) is 6.84. The minimum Gasteiger partial charge on any atom is -0.383 e. The van der Waals surface area contributed by atoms with Gasteiger partial charge in [-0.3, -0.25) is 14.3 Å². The highest BCUT2D eigenvalue weighted by atomic mass is 16.5. The number of carbonyl (C=O) groups excluding carboxylic acids is 1. The van der Waals surface area contributed by atoms with Gasteiger partial charge in [0.05, 0.1) is 31.1 Å². The molecule has 3 aromatic rings. The van der Waals surface area contributed by atoms with Crippen molar-refractivity contribution in [1.29, 1.82) is 0 Å². The monoisotopic (exact) mass is 377 g/mol. The molecule has 0 bridgehead atoms. The van der Waals surface area contributed by atoms with Crippen molar-refractivity contribution in [2.75, 3.05) is 20.3 Å². The summed E-state index contributed by atoms with van der Waals surface area (Å²) < 4.78 is 8.93. The molecule has 0 radical (unpaired) electrons. The van der Waals surface area contributed by atoms with Crippen LogP contribution in [0.2, 0.25) is 0 Å². The zero-order valence-corrected chi connectivity index (χ0v) is 15.9. The van der Waals surface area contributed by atoms with Gasteiger partial charge in [0.2, 0.25) is 0 Å². The Hall–Kier alpha value is -3.12. The first kappa shape index (κ1) is 18.3. The molecule has 0 spiro atoms. The van der Waals surface area contributed by atoms with E-state index in [1.165, 1.54) is 0 Å². The van der Waals surface area contributed by atoms with Gasteiger partial charge in [0.15, 0.2) is 0 Å². The first-order chi connectivity index (χ1) is 13.7. The third-order valence-electron chi connectivity index (χ3n) is 5.14. The number of hydrogen-bond donors (Lipinski definition) is 0. The van der Waals surface area contributed by atoms with E-state index in [0.717, 1.165) is 16.9 Å². The van der Waals surface area contributed by atoms with Crippen LogP contribution in [0.5, 0.6) is 0 Å². The second-order valence-corrected chi connectivity index (χ2v) is 6.84. The van der Waals surface area contributed by atoms with Crippen LogP contribution in [0.25, 0.3) is 5.69 Å². The summed E-state index contributed by atoms with van der Waals surface area (Å²) in [4.78, 5) is 27.9. The van der Waals surface area contributed by atoms with Crippen LogP contribution in [0, 0.1) is 0 Å². The molecule has 6 nitrogen and oxygen atoms in total. The fraction of sp³-hybridized carbons (Fsp3) is 0.273. The van der Waals surface area contributed by atoms with Crippen molar-refractivity contribution in [3.8, 4) is 5.69 Å². The largest absolute Gasteiger partial charge is 0.383 e. The molecule has 6 heteroatoms. The Balaban J connectivity index is 1.74. The molecule has 4 rings (SSSR count). The molecule has 1 aromatic heterocycles. The Kier molecular flexibility index (Phi) is 5.12. The number of ether oxygens (including phenoxy) is 1. The van der Waals surface area contributed by atoms with Crippen molar-refractivity contribution in [3.63, 3.8) is 0 Å². The normalized spacial score (nSPS) is 13.4. The maximum absolute atomic E-state index is 13.1. The van der Waals surface area contributed by atoms with E-state index >= 15 is 0 Å². The molecule has 2 aromatic carbocycles. The number of rotatable bonds is 5. The second kappa shape index (κ2) is 7.86. The molecule has 0 N–H and O–H groups in total. The first-order valence-corrected chi connectivity index (χ1v) is 9.43. The summed E-state index contributed by atoms with van der Waals surface area (Å²) in [5.74, 6) is -0.00977. The lowest BCUT2D eigenvalue weighted by atomic mass is 10.1. The van der Waals surface area contributed by atoms with E-state index in [2.05, 4.69) is 0 Å². The van der Waals surface area contributed by atoms with Gasteiger partial charge in [-0.1, -0.05) is 36.4 Å². The topological polar surface area (TPSA) is 56.5 Å². The van der Waals surface area contributed by atoms with Gasteiger partial charge in [-0.2, -0.15) is 0 Å². The summed E-state index contributed by atoms with van der Waals surface area (Å²) >= 11 is 0. The van der Waals surface area contributed by atoms with Gasteiger partial charge in [-0.15, -0.1) is 0 Å². The van der Waals surface area contributed by atoms with Crippen molar-refractivity contribution in [3.05, 3.63) is 87.8 Å². The zero-order valence-electron chi connectivity index (χ0n) is 15.9. The summed E-state index contributed by atoms with van der Waals surface area (Å²) in [5.41, 5.74) is 3.15. The SMILES string of the molecule is COCCn1c2c(c(=O)n1-c1ccccc1)CCN(C(=O)c1ccccc1)C2. The molecule has 1 aliphatic rings. The van der Waals surface area contributed by atoms with Gasteiger partial charge < -0.3 is 9.64 Å². The molecular weight excluding hydrogens is 354 g/mol. The maximum atomic E-state index is 13.1. The van der Waals surface area contributed by atoms with Crippen molar-refractivity contribution >= 4 is 5.91 Å². The van der Waals surface area contributed by atoms with Crippen LogP contribution < -0.4 is 5.56 Å². The van der Waals surface area contributed by atoms with Crippen LogP contribution in [-0.2, 0) is 24.2 Å². The van der Waals surface area contributed by atoms with E-state index in [9.17, 15) is 9.59 Å². The van der Waals surface area contributed by atoms with E-state index in [-0.39, 0.29) is 11.5 Å². The fourth-order valence-corrected chi connectivity index (χ4v) is 3.75. The van der Waals surface area contributed by atoms with Gasteiger partial charge in [0.25, 0.3) is 11.5 Å². The smallest absolute Gasteiger partial charge is 0.274 e. The summed E-state index contributed by atoms with van der Waals surface area (Å²) in [6, 6.07) is 18.9. The lowest BCUT2D eigenvalue weighted by Gasteiger charge is -2.28. The van der Waals surface area contributed by atoms with Gasteiger partial charge in [0.1, 0.15) is 0 Å². The maximum Gasteiger partial charge on any atom is 0.274 e. The minimum absolute atomic E-state index is 0.00977. The summed E-state index contributed by atoms with van der Waals surface area (Å²) in [6.07, 6.45) is 0.555. The molecule has 1 amide bonds. The molecule has 0 atom stereocenters. The molecular formula is C22H23N3O3. The van der Waals surface area contributed by atoms with E-state index in [1.807, 2.05) is 70.2 Å². The molecule has 0 saturated carbocycles. The molecule has 1 aliphatic heterocycles. The predicted molar refractivity (Wildman–Crippen MR) is 107 cm³/mol. The number of fused-ring (bicyclic) bond motifs is 1.